The van der Waals surface area contributed by atoms with Gasteiger partial charge in [0.2, 0.25) is 0 Å². The van der Waals surface area contributed by atoms with Gasteiger partial charge in [-0.1, -0.05) is 24.4 Å². The molecule has 1 aliphatic carbocycles. The highest BCUT2D eigenvalue weighted by Gasteiger charge is 2.27. The number of nitrogens with zero attached hydrogens (tertiary/aromatic N) is 2. The summed E-state index contributed by atoms with van der Waals surface area (Å²) in [5, 5.41) is 14.4. The molecule has 114 valence electrons. The van der Waals surface area contributed by atoms with Gasteiger partial charge < -0.3 is 21.5 Å². The zero-order valence-electron chi connectivity index (χ0n) is 11.2. The van der Waals surface area contributed by atoms with Crippen LogP contribution >= 0.6 is 11.6 Å². The molecule has 1 heterocycles. The average Bonchev–Trinajstić information content (AvgIpc) is 2.40. The number of hydrogen-bond acceptors (Lipinski definition) is 5. The second kappa shape index (κ2) is 6.57. The Hall–Kier alpha value is -2.09. The fourth-order valence-corrected chi connectivity index (χ4v) is 2.66. The summed E-state index contributed by atoms with van der Waals surface area (Å²) in [4.78, 5) is 29.7. The van der Waals surface area contributed by atoms with Crippen LogP contribution < -0.4 is 16.4 Å². The highest BCUT2D eigenvalue weighted by molar-refractivity contribution is 6.32. The molecule has 1 aliphatic rings. The first-order chi connectivity index (χ1) is 9.97. The first kappa shape index (κ1) is 15.3. The van der Waals surface area contributed by atoms with E-state index in [4.69, 9.17) is 22.4 Å². The Morgan fingerprint density at radius 1 is 1.33 bits per heavy atom. The van der Waals surface area contributed by atoms with Crippen molar-refractivity contribution in [2.24, 2.45) is 5.73 Å². The van der Waals surface area contributed by atoms with Gasteiger partial charge in [0.25, 0.3) is 5.91 Å². The normalized spacial score (nSPS) is 21.6. The number of nitrogens with two attached hydrogens (primary N) is 1. The molecule has 1 saturated carbocycles. The Bertz CT molecular complexity index is 554. The van der Waals surface area contributed by atoms with Crippen molar-refractivity contribution in [2.45, 2.75) is 37.8 Å². The largest absolute Gasteiger partial charge is 0.465 e. The van der Waals surface area contributed by atoms with Gasteiger partial charge in [0.1, 0.15) is 5.82 Å². The van der Waals surface area contributed by atoms with E-state index in [2.05, 4.69) is 20.6 Å². The summed E-state index contributed by atoms with van der Waals surface area (Å²) >= 11 is 5.84. The van der Waals surface area contributed by atoms with E-state index in [1.54, 1.807) is 0 Å². The molecule has 1 aromatic heterocycles. The van der Waals surface area contributed by atoms with Crippen LogP contribution in [0.2, 0.25) is 5.15 Å². The minimum Gasteiger partial charge on any atom is -0.465 e. The quantitative estimate of drug-likeness (QED) is 0.661. The number of rotatable bonds is 4. The van der Waals surface area contributed by atoms with E-state index in [-0.39, 0.29) is 22.9 Å². The Morgan fingerprint density at radius 2 is 2.00 bits per heavy atom. The maximum Gasteiger partial charge on any atom is 0.404 e. The van der Waals surface area contributed by atoms with E-state index in [1.165, 1.54) is 6.20 Å². The van der Waals surface area contributed by atoms with Crippen LogP contribution in [-0.4, -0.2) is 39.2 Å². The monoisotopic (exact) mass is 313 g/mol. The molecule has 0 radical (unpaired) electrons. The van der Waals surface area contributed by atoms with Crippen LogP contribution in [0.3, 0.4) is 0 Å². The maximum atomic E-state index is 11.0. The van der Waals surface area contributed by atoms with Crippen molar-refractivity contribution in [1.82, 2.24) is 15.3 Å². The van der Waals surface area contributed by atoms with Crippen LogP contribution in [0.5, 0.6) is 0 Å². The highest BCUT2D eigenvalue weighted by Crippen LogP contribution is 2.22. The van der Waals surface area contributed by atoms with Crippen molar-refractivity contribution in [3.05, 3.63) is 17.0 Å². The summed E-state index contributed by atoms with van der Waals surface area (Å²) in [6, 6.07) is -0.299. The average molecular weight is 314 g/mol. The molecule has 0 aliphatic heterocycles. The predicted octanol–water partition coefficient (Wildman–Crippen LogP) is 1.22. The van der Waals surface area contributed by atoms with E-state index in [0.717, 1.165) is 25.7 Å². The molecule has 2 rings (SSSR count). The zero-order valence-corrected chi connectivity index (χ0v) is 11.9. The van der Waals surface area contributed by atoms with E-state index in [9.17, 15) is 9.59 Å². The number of carbonyl (C=O) groups excluding carboxylic acids is 1. The van der Waals surface area contributed by atoms with Crippen molar-refractivity contribution in [3.8, 4) is 0 Å². The summed E-state index contributed by atoms with van der Waals surface area (Å²) in [7, 11) is 0. The Balaban J connectivity index is 2.10. The predicted molar refractivity (Wildman–Crippen MR) is 76.4 cm³/mol. The van der Waals surface area contributed by atoms with Crippen molar-refractivity contribution >= 4 is 29.4 Å². The fraction of sp³-hybridized carbons (Fsp3) is 0.500. The molecule has 0 bridgehead atoms. The third kappa shape index (κ3) is 3.94. The third-order valence-electron chi connectivity index (χ3n) is 3.37. The number of carbonyl (C=O) groups is 2. The lowest BCUT2D eigenvalue weighted by Crippen LogP contribution is -2.48. The number of amides is 2. The summed E-state index contributed by atoms with van der Waals surface area (Å²) in [5.74, 6) is -0.365. The second-order valence-corrected chi connectivity index (χ2v) is 5.21. The first-order valence-corrected chi connectivity index (χ1v) is 6.93. The van der Waals surface area contributed by atoms with E-state index in [1.807, 2.05) is 0 Å². The van der Waals surface area contributed by atoms with Crippen molar-refractivity contribution in [2.75, 3.05) is 5.32 Å². The van der Waals surface area contributed by atoms with Gasteiger partial charge in [-0.15, -0.1) is 0 Å². The van der Waals surface area contributed by atoms with Crippen molar-refractivity contribution in [3.63, 3.8) is 0 Å². The van der Waals surface area contributed by atoms with Gasteiger partial charge >= 0.3 is 6.09 Å². The molecule has 0 unspecified atom stereocenters. The highest BCUT2D eigenvalue weighted by atomic mass is 35.5. The van der Waals surface area contributed by atoms with Gasteiger partial charge in [-0.05, 0) is 12.8 Å². The number of hydrogen-bond donors (Lipinski definition) is 4. The molecule has 2 atom stereocenters. The van der Waals surface area contributed by atoms with E-state index >= 15 is 0 Å². The molecular formula is C12H16ClN5O3. The Kier molecular flexibility index (Phi) is 4.79. The molecule has 1 aromatic rings. The number of anilines is 1. The lowest BCUT2D eigenvalue weighted by Gasteiger charge is -2.32. The molecule has 8 nitrogen and oxygen atoms in total. The first-order valence-electron chi connectivity index (χ1n) is 6.55. The number of aromatic nitrogens is 2. The summed E-state index contributed by atoms with van der Waals surface area (Å²) in [6.45, 7) is 0. The number of primary amides is 1. The molecule has 0 aromatic carbocycles. The molecule has 21 heavy (non-hydrogen) atoms. The van der Waals surface area contributed by atoms with E-state index in [0.29, 0.717) is 5.82 Å². The van der Waals surface area contributed by atoms with Gasteiger partial charge in [-0.2, -0.15) is 0 Å². The number of carboxylic acid groups (broad SMARTS) is 1. The van der Waals surface area contributed by atoms with Crippen LogP contribution in [0, 0.1) is 0 Å². The lowest BCUT2D eigenvalue weighted by molar-refractivity contribution is 0.0995. The number of nitrogens with one attached hydrogen (secondary N) is 2. The minimum absolute atomic E-state index is 0.0777. The Labute approximate surface area is 126 Å². The number of halogens is 1. The van der Waals surface area contributed by atoms with Gasteiger partial charge in [-0.3, -0.25) is 4.79 Å². The Morgan fingerprint density at radius 3 is 2.57 bits per heavy atom. The SMILES string of the molecule is NC(=O)c1ncc(N[C@@H]2CCCC[C@@H]2NC(=O)O)nc1Cl. The third-order valence-corrected chi connectivity index (χ3v) is 3.63. The zero-order chi connectivity index (χ0) is 15.4. The summed E-state index contributed by atoms with van der Waals surface area (Å²) < 4.78 is 0. The summed E-state index contributed by atoms with van der Waals surface area (Å²) in [5.41, 5.74) is 5.01. The van der Waals surface area contributed by atoms with Crippen LogP contribution in [0.25, 0.3) is 0 Å². The molecule has 5 N–H and O–H groups in total. The maximum absolute atomic E-state index is 11.0. The smallest absolute Gasteiger partial charge is 0.404 e. The van der Waals surface area contributed by atoms with Crippen LogP contribution in [0.15, 0.2) is 6.20 Å². The van der Waals surface area contributed by atoms with Crippen molar-refractivity contribution < 1.29 is 14.7 Å². The van der Waals surface area contributed by atoms with Gasteiger partial charge in [0, 0.05) is 6.04 Å². The lowest BCUT2D eigenvalue weighted by atomic mass is 9.90. The van der Waals surface area contributed by atoms with Crippen LogP contribution in [-0.2, 0) is 0 Å². The standard InChI is InChI=1S/C12H16ClN5O3/c13-10-9(11(14)19)15-5-8(18-10)16-6-3-1-2-4-7(6)17-12(20)21/h5-7,17H,1-4H2,(H2,14,19)(H,16,18)(H,20,21)/t6-,7+/m1/s1. The molecule has 0 saturated heterocycles. The molecule has 2 amide bonds. The van der Waals surface area contributed by atoms with Gasteiger partial charge in [0.15, 0.2) is 10.8 Å². The minimum atomic E-state index is -1.05. The molecule has 0 spiro atoms. The van der Waals surface area contributed by atoms with Gasteiger partial charge in [0.05, 0.1) is 12.2 Å². The molecule has 1 fully saturated rings. The second-order valence-electron chi connectivity index (χ2n) is 4.85. The van der Waals surface area contributed by atoms with Crippen molar-refractivity contribution in [1.29, 1.82) is 0 Å². The molecular weight excluding hydrogens is 298 g/mol. The van der Waals surface area contributed by atoms with Crippen LogP contribution in [0.4, 0.5) is 10.6 Å². The topological polar surface area (TPSA) is 130 Å². The summed E-state index contributed by atoms with van der Waals surface area (Å²) in [6.07, 6.45) is 3.83. The molecule has 9 heteroatoms. The van der Waals surface area contributed by atoms with Gasteiger partial charge in [-0.25, -0.2) is 14.8 Å². The van der Waals surface area contributed by atoms with E-state index < -0.39 is 12.0 Å². The fourth-order valence-electron chi connectivity index (χ4n) is 2.43. The van der Waals surface area contributed by atoms with Crippen LogP contribution in [0.1, 0.15) is 36.2 Å².